The van der Waals surface area contributed by atoms with Crippen molar-refractivity contribution in [1.82, 2.24) is 15.4 Å². The molecule has 2 aliphatic rings. The molecule has 1 aromatic heterocycles. The van der Waals surface area contributed by atoms with Gasteiger partial charge in [-0.1, -0.05) is 31.2 Å². The van der Waals surface area contributed by atoms with Gasteiger partial charge in [0.15, 0.2) is 12.3 Å². The molecule has 0 aliphatic carbocycles. The average Bonchev–Trinajstić information content (AvgIpc) is 3.34. The number of carbonyl (C=O) groups is 2. The van der Waals surface area contributed by atoms with E-state index >= 15 is 0 Å². The molecule has 2 aromatic rings. The van der Waals surface area contributed by atoms with Crippen LogP contribution in [0.3, 0.4) is 0 Å². The first-order chi connectivity index (χ1) is 14.3. The number of halogens is 1. The van der Waals surface area contributed by atoms with Crippen LogP contribution < -0.4 is 5.48 Å². The molecule has 1 aromatic carbocycles. The quantitative estimate of drug-likeness (QED) is 0.715. The number of aliphatic hydroxyl groups is 1. The maximum atomic E-state index is 13.4. The summed E-state index contributed by atoms with van der Waals surface area (Å²) < 4.78 is 18.1. The lowest BCUT2D eigenvalue weighted by atomic mass is 9.88. The van der Waals surface area contributed by atoms with Crippen molar-refractivity contribution in [2.24, 2.45) is 0 Å². The highest BCUT2D eigenvalue weighted by atomic mass is 19.1. The lowest BCUT2D eigenvalue weighted by molar-refractivity contribution is -0.214. The SMILES string of the molecule is CCC1(C(=O)N(C)C2CC(=O)OC2(O)CF)CC(c2nccc3ccccc23)NO1. The molecule has 0 saturated carbocycles. The van der Waals surface area contributed by atoms with Crippen molar-refractivity contribution < 1.29 is 28.7 Å². The Morgan fingerprint density at radius 3 is 2.90 bits per heavy atom. The van der Waals surface area contributed by atoms with Crippen LogP contribution in [-0.2, 0) is 19.2 Å². The molecule has 4 atom stereocenters. The van der Waals surface area contributed by atoms with E-state index in [-0.39, 0.29) is 12.5 Å². The number of benzene rings is 1. The minimum Gasteiger partial charge on any atom is -0.428 e. The lowest BCUT2D eigenvalue weighted by Gasteiger charge is -2.36. The van der Waals surface area contributed by atoms with Gasteiger partial charge in [0, 0.05) is 25.1 Å². The second-order valence-corrected chi connectivity index (χ2v) is 7.83. The van der Waals surface area contributed by atoms with Crippen LogP contribution in [0.15, 0.2) is 36.5 Å². The van der Waals surface area contributed by atoms with Crippen LogP contribution in [0.2, 0.25) is 0 Å². The van der Waals surface area contributed by atoms with E-state index < -0.39 is 36.0 Å². The first-order valence-corrected chi connectivity index (χ1v) is 9.88. The number of nitrogens with one attached hydrogen (secondary N) is 1. The first-order valence-electron chi connectivity index (χ1n) is 9.88. The zero-order valence-electron chi connectivity index (χ0n) is 16.8. The fraction of sp³-hybridized carbons (Fsp3) is 0.476. The number of likely N-dealkylation sites (N-methyl/N-ethyl adjacent to an activating group) is 1. The van der Waals surface area contributed by atoms with Gasteiger partial charge in [0.1, 0.15) is 6.04 Å². The van der Waals surface area contributed by atoms with Gasteiger partial charge in [-0.25, -0.2) is 4.39 Å². The molecule has 1 amide bonds. The molecule has 4 rings (SSSR count). The molecule has 9 heteroatoms. The number of esters is 1. The van der Waals surface area contributed by atoms with Crippen LogP contribution in [0, 0.1) is 0 Å². The number of fused-ring (bicyclic) bond motifs is 1. The van der Waals surface area contributed by atoms with Gasteiger partial charge in [-0.15, -0.1) is 0 Å². The fourth-order valence-corrected chi connectivity index (χ4v) is 4.31. The number of aromatic nitrogens is 1. The summed E-state index contributed by atoms with van der Waals surface area (Å²) in [5, 5.41) is 12.3. The number of carbonyl (C=O) groups excluding carboxylic acids is 2. The topological polar surface area (TPSA) is 101 Å². The van der Waals surface area contributed by atoms with E-state index in [1.165, 1.54) is 7.05 Å². The van der Waals surface area contributed by atoms with Gasteiger partial charge in [-0.3, -0.25) is 19.4 Å². The van der Waals surface area contributed by atoms with E-state index in [1.54, 1.807) is 6.20 Å². The largest absolute Gasteiger partial charge is 0.428 e. The molecular formula is C21H24FN3O5. The van der Waals surface area contributed by atoms with E-state index in [4.69, 9.17) is 9.57 Å². The Bertz CT molecular complexity index is 983. The smallest absolute Gasteiger partial charge is 0.310 e. The van der Waals surface area contributed by atoms with Crippen LogP contribution in [-0.4, -0.2) is 58.0 Å². The van der Waals surface area contributed by atoms with Crippen molar-refractivity contribution in [2.75, 3.05) is 13.7 Å². The average molecular weight is 417 g/mol. The highest BCUT2D eigenvalue weighted by Crippen LogP contribution is 2.39. The molecule has 2 saturated heterocycles. The molecule has 2 aliphatic heterocycles. The van der Waals surface area contributed by atoms with E-state index in [2.05, 4.69) is 10.5 Å². The third kappa shape index (κ3) is 3.23. The van der Waals surface area contributed by atoms with Gasteiger partial charge in [-0.2, -0.15) is 5.48 Å². The van der Waals surface area contributed by atoms with E-state index in [9.17, 15) is 19.1 Å². The number of cyclic esters (lactones) is 1. The Morgan fingerprint density at radius 1 is 1.40 bits per heavy atom. The number of nitrogens with zero attached hydrogens (tertiary/aromatic N) is 2. The molecule has 2 fully saturated rings. The van der Waals surface area contributed by atoms with Gasteiger partial charge < -0.3 is 14.7 Å². The second kappa shape index (κ2) is 7.57. The summed E-state index contributed by atoms with van der Waals surface area (Å²) in [6.45, 7) is 0.506. The molecule has 160 valence electrons. The molecule has 8 nitrogen and oxygen atoms in total. The maximum absolute atomic E-state index is 13.4. The summed E-state index contributed by atoms with van der Waals surface area (Å²) in [6.07, 6.45) is 2.05. The van der Waals surface area contributed by atoms with Crippen molar-refractivity contribution in [3.05, 3.63) is 42.2 Å². The van der Waals surface area contributed by atoms with E-state index in [0.717, 1.165) is 21.4 Å². The zero-order chi connectivity index (χ0) is 21.5. The number of hydrogen-bond acceptors (Lipinski definition) is 7. The second-order valence-electron chi connectivity index (χ2n) is 7.83. The number of alkyl halides is 1. The Kier molecular flexibility index (Phi) is 5.21. The summed E-state index contributed by atoms with van der Waals surface area (Å²) in [5.41, 5.74) is 2.45. The van der Waals surface area contributed by atoms with Crippen LogP contribution >= 0.6 is 0 Å². The summed E-state index contributed by atoms with van der Waals surface area (Å²) in [7, 11) is 1.42. The van der Waals surface area contributed by atoms with Crippen LogP contribution in [0.25, 0.3) is 10.8 Å². The van der Waals surface area contributed by atoms with Crippen molar-refractivity contribution >= 4 is 22.6 Å². The summed E-state index contributed by atoms with van der Waals surface area (Å²) in [5.74, 6) is -3.57. The Labute approximate surface area is 172 Å². The van der Waals surface area contributed by atoms with Gasteiger partial charge in [-0.05, 0) is 17.9 Å². The molecule has 3 heterocycles. The van der Waals surface area contributed by atoms with Crippen molar-refractivity contribution in [2.45, 2.75) is 49.7 Å². The number of hydroxylamine groups is 1. The van der Waals surface area contributed by atoms with E-state index in [0.29, 0.717) is 12.8 Å². The minimum atomic E-state index is -2.35. The molecular weight excluding hydrogens is 393 g/mol. The van der Waals surface area contributed by atoms with Gasteiger partial charge >= 0.3 is 5.97 Å². The molecule has 0 bridgehead atoms. The molecule has 30 heavy (non-hydrogen) atoms. The van der Waals surface area contributed by atoms with E-state index in [1.807, 2.05) is 37.3 Å². The number of ether oxygens (including phenoxy) is 1. The number of rotatable bonds is 5. The normalized spacial score (nSPS) is 31.1. The van der Waals surface area contributed by atoms with Crippen LogP contribution in [0.4, 0.5) is 4.39 Å². The van der Waals surface area contributed by atoms with Crippen LogP contribution in [0.1, 0.15) is 37.9 Å². The van der Waals surface area contributed by atoms with Crippen molar-refractivity contribution in [1.29, 1.82) is 0 Å². The van der Waals surface area contributed by atoms with Crippen molar-refractivity contribution in [3.8, 4) is 0 Å². The maximum Gasteiger partial charge on any atom is 0.310 e. The molecule has 4 unspecified atom stereocenters. The summed E-state index contributed by atoms with van der Waals surface area (Å²) in [6, 6.07) is 8.24. The monoisotopic (exact) mass is 417 g/mol. The Morgan fingerprint density at radius 2 is 2.17 bits per heavy atom. The first kappa shape index (κ1) is 20.6. The Balaban J connectivity index is 1.60. The standard InChI is InChI=1S/C21H24FN3O5/c1-3-20(19(27)25(2)16-10-17(26)29-21(16,28)12-22)11-15(24-30-20)18-14-7-5-4-6-13(14)8-9-23-18/h4-9,15-16,24,28H,3,10-12H2,1-2H3. The predicted octanol–water partition coefficient (Wildman–Crippen LogP) is 1.78. The molecule has 0 radical (unpaired) electrons. The number of pyridine rings is 1. The minimum absolute atomic E-state index is 0.288. The molecule has 0 spiro atoms. The highest BCUT2D eigenvalue weighted by molar-refractivity contribution is 5.88. The fourth-order valence-electron chi connectivity index (χ4n) is 4.31. The van der Waals surface area contributed by atoms with Gasteiger partial charge in [0.05, 0.1) is 18.2 Å². The summed E-state index contributed by atoms with van der Waals surface area (Å²) in [4.78, 5) is 36.5. The zero-order valence-corrected chi connectivity index (χ0v) is 16.8. The molecule has 2 N–H and O–H groups in total. The number of amides is 1. The lowest BCUT2D eigenvalue weighted by Crippen LogP contribution is -2.57. The summed E-state index contributed by atoms with van der Waals surface area (Å²) >= 11 is 0. The van der Waals surface area contributed by atoms with Crippen molar-refractivity contribution in [3.63, 3.8) is 0 Å². The third-order valence-electron chi connectivity index (χ3n) is 6.08. The predicted molar refractivity (Wildman–Crippen MR) is 105 cm³/mol. The number of hydrogen-bond donors (Lipinski definition) is 2. The third-order valence-corrected chi connectivity index (χ3v) is 6.08. The highest BCUT2D eigenvalue weighted by Gasteiger charge is 2.56. The van der Waals surface area contributed by atoms with Crippen LogP contribution in [0.5, 0.6) is 0 Å². The Hall–Kier alpha value is -2.62. The van der Waals surface area contributed by atoms with Gasteiger partial charge in [0.25, 0.3) is 11.7 Å². The van der Waals surface area contributed by atoms with Gasteiger partial charge in [0.2, 0.25) is 0 Å².